The van der Waals surface area contributed by atoms with Crippen LogP contribution in [0.5, 0.6) is 0 Å². The molecule has 0 saturated carbocycles. The van der Waals surface area contributed by atoms with Crippen LogP contribution in [0.25, 0.3) is 5.57 Å². The lowest BCUT2D eigenvalue weighted by molar-refractivity contribution is -0.0884. The van der Waals surface area contributed by atoms with Gasteiger partial charge >= 0.3 is 6.09 Å². The molecule has 1 unspecified atom stereocenters. The van der Waals surface area contributed by atoms with E-state index in [0.29, 0.717) is 32.2 Å². The van der Waals surface area contributed by atoms with Gasteiger partial charge in [-0.05, 0) is 70.6 Å². The summed E-state index contributed by atoms with van der Waals surface area (Å²) in [5.41, 5.74) is 1.74. The zero-order chi connectivity index (χ0) is 34.6. The second-order valence-corrected chi connectivity index (χ2v) is 21.7. The molecule has 2 aliphatic rings. The maximum Gasteiger partial charge on any atom is 0.410 e. The van der Waals surface area contributed by atoms with Crippen LogP contribution in [0, 0.1) is 17.2 Å². The summed E-state index contributed by atoms with van der Waals surface area (Å²) in [6, 6.07) is 5.60. The number of likely N-dealkylation sites (tertiary alicyclic amines) is 2. The quantitative estimate of drug-likeness (QED) is 0.125. The van der Waals surface area contributed by atoms with Crippen molar-refractivity contribution >= 4 is 31.8 Å². The summed E-state index contributed by atoms with van der Waals surface area (Å²) in [5.74, 6) is 1.19. The number of aliphatic imine (C=N–C) groups is 1. The molecule has 11 heteroatoms. The second kappa shape index (κ2) is 14.5. The average Bonchev–Trinajstić information content (AvgIpc) is 3.62. The molecule has 2 fully saturated rings. The van der Waals surface area contributed by atoms with Crippen LogP contribution in [0.3, 0.4) is 0 Å². The number of nitrogens with zero attached hydrogens (tertiary/aromatic N) is 7. The van der Waals surface area contributed by atoms with Gasteiger partial charge in [0.05, 0.1) is 18.7 Å². The molecule has 2 aromatic rings. The summed E-state index contributed by atoms with van der Waals surface area (Å²) in [6.45, 7) is 27.8. The molecule has 4 rings (SSSR count). The molecule has 10 nitrogen and oxygen atoms in total. The standard InChI is InChI=1S/C36H57N7O3Si/c1-11-28(2)22-38-32-31(12-17-41(32)27-45-20-21-47(8,9)10)29(3)30-23-39-43(24-30)36(13-16-37)25-42(26-36)35(7)14-18-40(19-15-35)33(44)46-34(4,5)6/h12,17,22-24,28H,3,11,13-15,18-21,25-27H2,1-2,4-10H3. The molecule has 4 heterocycles. The maximum absolute atomic E-state index is 12.6. The van der Waals surface area contributed by atoms with Crippen molar-refractivity contribution in [3.8, 4) is 6.07 Å². The van der Waals surface area contributed by atoms with Crippen molar-refractivity contribution in [2.24, 2.45) is 10.9 Å². The van der Waals surface area contributed by atoms with Crippen molar-refractivity contribution in [2.45, 2.75) is 116 Å². The fourth-order valence-corrected chi connectivity index (χ4v) is 6.79. The van der Waals surface area contributed by atoms with E-state index in [1.165, 1.54) is 0 Å². The van der Waals surface area contributed by atoms with Gasteiger partial charge in [0, 0.05) is 76.1 Å². The van der Waals surface area contributed by atoms with E-state index < -0.39 is 19.2 Å². The van der Waals surface area contributed by atoms with Crippen LogP contribution in [-0.2, 0) is 21.7 Å². The highest BCUT2D eigenvalue weighted by molar-refractivity contribution is 6.76. The number of nitriles is 1. The van der Waals surface area contributed by atoms with E-state index in [1.54, 1.807) is 0 Å². The van der Waals surface area contributed by atoms with Gasteiger partial charge in [-0.15, -0.1) is 0 Å². The number of carbonyl (C=O) groups is 1. The molecule has 1 amide bonds. The van der Waals surface area contributed by atoms with E-state index in [4.69, 9.17) is 19.6 Å². The van der Waals surface area contributed by atoms with Gasteiger partial charge in [0.2, 0.25) is 0 Å². The molecule has 0 aromatic carbocycles. The minimum absolute atomic E-state index is 0.0559. The van der Waals surface area contributed by atoms with Crippen LogP contribution in [0.15, 0.2) is 36.2 Å². The number of hydrogen-bond donors (Lipinski definition) is 0. The van der Waals surface area contributed by atoms with Gasteiger partial charge in [0.1, 0.15) is 23.7 Å². The van der Waals surface area contributed by atoms with Gasteiger partial charge in [0.25, 0.3) is 0 Å². The van der Waals surface area contributed by atoms with Crippen LogP contribution in [0.2, 0.25) is 25.7 Å². The largest absolute Gasteiger partial charge is 0.444 e. The van der Waals surface area contributed by atoms with Gasteiger partial charge in [-0.3, -0.25) is 9.58 Å². The molecule has 0 N–H and O–H groups in total. The summed E-state index contributed by atoms with van der Waals surface area (Å²) < 4.78 is 15.7. The predicted molar refractivity (Wildman–Crippen MR) is 192 cm³/mol. The number of aromatic nitrogens is 3. The lowest BCUT2D eigenvalue weighted by Crippen LogP contribution is -2.70. The molecule has 258 valence electrons. The summed E-state index contributed by atoms with van der Waals surface area (Å²) in [5, 5.41) is 14.7. The minimum Gasteiger partial charge on any atom is -0.444 e. The van der Waals surface area contributed by atoms with Crippen molar-refractivity contribution in [3.63, 3.8) is 0 Å². The lowest BCUT2D eigenvalue weighted by atomic mass is 9.78. The zero-order valence-corrected chi connectivity index (χ0v) is 31.3. The number of rotatable bonds is 13. The Morgan fingerprint density at radius 1 is 1.26 bits per heavy atom. The monoisotopic (exact) mass is 663 g/mol. The van der Waals surface area contributed by atoms with Crippen LogP contribution in [0.1, 0.15) is 78.4 Å². The highest BCUT2D eigenvalue weighted by atomic mass is 28.3. The first kappa shape index (κ1) is 36.6. The van der Waals surface area contributed by atoms with Gasteiger partial charge in [0.15, 0.2) is 0 Å². The van der Waals surface area contributed by atoms with E-state index in [-0.39, 0.29) is 11.6 Å². The normalized spacial score (nSPS) is 18.9. The molecule has 0 bridgehead atoms. The summed E-state index contributed by atoms with van der Waals surface area (Å²) in [6.07, 6.45) is 10.8. The smallest absolute Gasteiger partial charge is 0.410 e. The van der Waals surface area contributed by atoms with Crippen molar-refractivity contribution in [2.75, 3.05) is 32.8 Å². The van der Waals surface area contributed by atoms with Crippen LogP contribution >= 0.6 is 0 Å². The first-order chi connectivity index (χ1) is 22.0. The van der Waals surface area contributed by atoms with Crippen LogP contribution < -0.4 is 0 Å². The van der Waals surface area contributed by atoms with E-state index in [9.17, 15) is 10.1 Å². The highest BCUT2D eigenvalue weighted by Gasteiger charge is 2.52. The SMILES string of the molecule is C=C(c1cnn(C2(CC#N)CN(C3(C)CCN(C(=O)OC(C)(C)C)CC3)C2)c1)c1ccn(COCC[Si](C)(C)C)c1N=CC(C)CC. The molecule has 0 radical (unpaired) electrons. The summed E-state index contributed by atoms with van der Waals surface area (Å²) in [7, 11) is -1.18. The van der Waals surface area contributed by atoms with Gasteiger partial charge < -0.3 is 18.9 Å². The first-order valence-electron chi connectivity index (χ1n) is 17.1. The van der Waals surface area contributed by atoms with Crippen LogP contribution in [-0.4, -0.2) is 88.5 Å². The molecule has 2 aromatic heterocycles. The average molecular weight is 664 g/mol. The van der Waals surface area contributed by atoms with Crippen LogP contribution in [0.4, 0.5) is 10.6 Å². The number of amides is 1. The van der Waals surface area contributed by atoms with Crippen molar-refractivity contribution in [3.05, 3.63) is 42.4 Å². The molecular formula is C36H57N7O3Si. The number of ether oxygens (including phenoxy) is 2. The number of hydrogen-bond acceptors (Lipinski definition) is 7. The molecule has 1 atom stereocenters. The third-order valence-electron chi connectivity index (χ3n) is 9.63. The minimum atomic E-state index is -1.18. The predicted octanol–water partition coefficient (Wildman–Crippen LogP) is 7.52. The summed E-state index contributed by atoms with van der Waals surface area (Å²) >= 11 is 0. The van der Waals surface area contributed by atoms with Crippen molar-refractivity contribution < 1.29 is 14.3 Å². The Bertz CT molecular complexity index is 1460. The molecular weight excluding hydrogens is 607 g/mol. The first-order valence-corrected chi connectivity index (χ1v) is 20.9. The van der Waals surface area contributed by atoms with Gasteiger partial charge in [-0.1, -0.05) is 40.1 Å². The topological polar surface area (TPSA) is 101 Å². The highest BCUT2D eigenvalue weighted by Crippen LogP contribution is 2.42. The lowest BCUT2D eigenvalue weighted by Gasteiger charge is -2.58. The van der Waals surface area contributed by atoms with E-state index in [2.05, 4.69) is 68.6 Å². The summed E-state index contributed by atoms with van der Waals surface area (Å²) in [4.78, 5) is 21.8. The Hall–Kier alpha value is -3.20. The van der Waals surface area contributed by atoms with Crippen molar-refractivity contribution in [1.82, 2.24) is 24.1 Å². The third kappa shape index (κ3) is 9.03. The molecule has 2 saturated heterocycles. The van der Waals surface area contributed by atoms with E-state index in [1.807, 2.05) is 55.2 Å². The molecule has 2 aliphatic heterocycles. The second-order valence-electron chi connectivity index (χ2n) is 16.1. The Labute approximate surface area is 283 Å². The van der Waals surface area contributed by atoms with E-state index in [0.717, 1.165) is 67.5 Å². The number of carbonyl (C=O) groups excluding carboxylic acids is 1. The van der Waals surface area contributed by atoms with Crippen molar-refractivity contribution in [1.29, 1.82) is 5.26 Å². The zero-order valence-electron chi connectivity index (χ0n) is 30.3. The molecule has 0 spiro atoms. The van der Waals surface area contributed by atoms with Gasteiger partial charge in [-0.2, -0.15) is 10.4 Å². The molecule has 47 heavy (non-hydrogen) atoms. The maximum atomic E-state index is 12.6. The Kier molecular flexibility index (Phi) is 11.3. The molecule has 0 aliphatic carbocycles. The Morgan fingerprint density at radius 2 is 1.94 bits per heavy atom. The fraction of sp³-hybridized carbons (Fsp3) is 0.667. The third-order valence-corrected chi connectivity index (χ3v) is 11.3. The fourth-order valence-electron chi connectivity index (χ4n) is 6.03. The Morgan fingerprint density at radius 3 is 2.53 bits per heavy atom. The van der Waals surface area contributed by atoms with E-state index >= 15 is 0 Å². The Balaban J connectivity index is 1.47. The van der Waals surface area contributed by atoms with Gasteiger partial charge in [-0.25, -0.2) is 9.79 Å². The number of piperidine rings is 1.